The smallest absolute Gasteiger partial charge is 0.407 e. The number of ether oxygens (including phenoxy) is 2. The molecule has 0 saturated heterocycles. The van der Waals surface area contributed by atoms with Gasteiger partial charge in [-0.25, -0.2) is 9.59 Å². The minimum Gasteiger partial charge on any atom is -0.480 e. The summed E-state index contributed by atoms with van der Waals surface area (Å²) in [5.41, 5.74) is 4.65. The molecule has 0 spiro atoms. The van der Waals surface area contributed by atoms with Crippen LogP contribution in [-0.4, -0.2) is 56.0 Å². The van der Waals surface area contributed by atoms with Crippen LogP contribution < -0.4 is 10.6 Å². The minimum absolute atomic E-state index is 0.0000471. The van der Waals surface area contributed by atoms with Crippen LogP contribution in [-0.2, 0) is 19.1 Å². The lowest BCUT2D eigenvalue weighted by atomic mass is 9.98. The molecule has 0 fully saturated rings. The third-order valence-electron chi connectivity index (χ3n) is 5.75. The van der Waals surface area contributed by atoms with E-state index >= 15 is 0 Å². The van der Waals surface area contributed by atoms with Crippen molar-refractivity contribution < 1.29 is 29.0 Å². The van der Waals surface area contributed by atoms with E-state index in [9.17, 15) is 14.4 Å². The number of hydrogen-bond donors (Lipinski definition) is 3. The van der Waals surface area contributed by atoms with Crippen LogP contribution in [0.1, 0.15) is 36.8 Å². The van der Waals surface area contributed by atoms with Crippen LogP contribution in [0.15, 0.2) is 48.5 Å². The van der Waals surface area contributed by atoms with E-state index in [1.54, 1.807) is 0 Å². The minimum atomic E-state index is -1.14. The van der Waals surface area contributed by atoms with Crippen LogP contribution in [0.2, 0.25) is 0 Å². The van der Waals surface area contributed by atoms with Gasteiger partial charge in [-0.05, 0) is 34.6 Å². The van der Waals surface area contributed by atoms with Gasteiger partial charge in [0.1, 0.15) is 6.61 Å². The van der Waals surface area contributed by atoms with Gasteiger partial charge >= 0.3 is 12.1 Å². The molecule has 2 amide bonds. The molecule has 0 aromatic heterocycles. The Balaban J connectivity index is 1.41. The second kappa shape index (κ2) is 11.5. The normalized spacial score (nSPS) is 14.0. The van der Waals surface area contributed by atoms with Crippen molar-refractivity contribution in [2.75, 3.05) is 26.9 Å². The summed E-state index contributed by atoms with van der Waals surface area (Å²) in [6.45, 7) is 2.36. The third kappa shape index (κ3) is 6.32. The fraction of sp³-hybridized carbons (Fsp3) is 0.400. The highest BCUT2D eigenvalue weighted by Gasteiger charge is 2.29. The highest BCUT2D eigenvalue weighted by atomic mass is 16.5. The van der Waals surface area contributed by atoms with Gasteiger partial charge in [-0.15, -0.1) is 0 Å². The Labute approximate surface area is 193 Å². The Morgan fingerprint density at radius 1 is 1.03 bits per heavy atom. The topological polar surface area (TPSA) is 114 Å². The van der Waals surface area contributed by atoms with Gasteiger partial charge in [-0.2, -0.15) is 0 Å². The second-order valence-electron chi connectivity index (χ2n) is 8.26. The molecule has 0 radical (unpaired) electrons. The van der Waals surface area contributed by atoms with Crippen LogP contribution in [0, 0.1) is 5.92 Å². The van der Waals surface area contributed by atoms with E-state index in [-0.39, 0.29) is 37.4 Å². The number of carbonyl (C=O) groups excluding carboxylic acids is 2. The summed E-state index contributed by atoms with van der Waals surface area (Å²) in [7, 11) is 1.37. The lowest BCUT2D eigenvalue weighted by Crippen LogP contribution is -2.44. The van der Waals surface area contributed by atoms with E-state index < -0.39 is 18.1 Å². The zero-order chi connectivity index (χ0) is 23.8. The molecule has 3 rings (SSSR count). The van der Waals surface area contributed by atoms with Crippen molar-refractivity contribution in [1.29, 1.82) is 0 Å². The first-order chi connectivity index (χ1) is 15.9. The Morgan fingerprint density at radius 3 is 2.21 bits per heavy atom. The van der Waals surface area contributed by atoms with Gasteiger partial charge < -0.3 is 25.2 Å². The molecule has 8 heteroatoms. The van der Waals surface area contributed by atoms with E-state index in [0.29, 0.717) is 13.0 Å². The molecule has 1 aliphatic carbocycles. The third-order valence-corrected chi connectivity index (χ3v) is 5.75. The van der Waals surface area contributed by atoms with Gasteiger partial charge in [0, 0.05) is 26.0 Å². The maximum absolute atomic E-state index is 12.2. The molecule has 2 aromatic carbocycles. The highest BCUT2D eigenvalue weighted by Crippen LogP contribution is 2.44. The van der Waals surface area contributed by atoms with Gasteiger partial charge in [0.15, 0.2) is 6.04 Å². The first-order valence-corrected chi connectivity index (χ1v) is 11.0. The van der Waals surface area contributed by atoms with E-state index in [1.807, 2.05) is 31.2 Å². The average molecular weight is 455 g/mol. The monoisotopic (exact) mass is 454 g/mol. The van der Waals surface area contributed by atoms with Crippen molar-refractivity contribution in [2.24, 2.45) is 5.92 Å². The maximum atomic E-state index is 12.2. The Kier molecular flexibility index (Phi) is 8.43. The van der Waals surface area contributed by atoms with Crippen LogP contribution in [0.5, 0.6) is 0 Å². The molecule has 0 saturated carbocycles. The number of carboxylic acids is 1. The van der Waals surface area contributed by atoms with Crippen molar-refractivity contribution in [3.8, 4) is 11.1 Å². The molecule has 0 heterocycles. The molecule has 0 aliphatic heterocycles. The van der Waals surface area contributed by atoms with Gasteiger partial charge in [-0.1, -0.05) is 55.5 Å². The fourth-order valence-corrected chi connectivity index (χ4v) is 4.08. The zero-order valence-electron chi connectivity index (χ0n) is 18.9. The van der Waals surface area contributed by atoms with Crippen LogP contribution >= 0.6 is 0 Å². The van der Waals surface area contributed by atoms with E-state index in [0.717, 1.165) is 11.1 Å². The largest absolute Gasteiger partial charge is 0.480 e. The molecule has 33 heavy (non-hydrogen) atoms. The van der Waals surface area contributed by atoms with Crippen molar-refractivity contribution >= 4 is 18.0 Å². The van der Waals surface area contributed by atoms with Crippen LogP contribution in [0.3, 0.4) is 0 Å². The predicted molar refractivity (Wildman–Crippen MR) is 123 cm³/mol. The van der Waals surface area contributed by atoms with Crippen molar-refractivity contribution in [1.82, 2.24) is 10.6 Å². The maximum Gasteiger partial charge on any atom is 0.407 e. The van der Waals surface area contributed by atoms with Gasteiger partial charge in [-0.3, -0.25) is 4.79 Å². The van der Waals surface area contributed by atoms with Crippen molar-refractivity contribution in [3.05, 3.63) is 59.7 Å². The predicted octanol–water partition coefficient (Wildman–Crippen LogP) is 3.16. The number of hydrogen-bond acceptors (Lipinski definition) is 5. The Bertz CT molecular complexity index is 947. The molecule has 2 unspecified atom stereocenters. The van der Waals surface area contributed by atoms with E-state index in [1.165, 1.54) is 18.2 Å². The molecule has 0 bridgehead atoms. The summed E-state index contributed by atoms with van der Waals surface area (Å²) >= 11 is 0. The molecule has 8 nitrogen and oxygen atoms in total. The summed E-state index contributed by atoms with van der Waals surface area (Å²) in [6, 6.07) is 15.2. The lowest BCUT2D eigenvalue weighted by molar-refractivity contribution is -0.143. The first kappa shape index (κ1) is 24.3. The number of nitrogens with one attached hydrogen (secondary N) is 2. The number of fused-ring (bicyclic) bond motifs is 3. The standard InChI is InChI=1S/C25H30N2O6/c1-16(13-23(28)27-22(15-32-2)24(29)30)11-12-26-25(31)33-14-21-19-9-5-3-7-17(19)18-8-4-6-10-20(18)21/h3-10,16,21-22H,11-15H2,1-2H3,(H,26,31)(H,27,28)(H,29,30). The molecule has 176 valence electrons. The summed E-state index contributed by atoms with van der Waals surface area (Å²) in [5.74, 6) is -1.56. The fourth-order valence-electron chi connectivity index (χ4n) is 4.08. The molecular formula is C25H30N2O6. The summed E-state index contributed by atoms with van der Waals surface area (Å²) in [5, 5.41) is 14.2. The highest BCUT2D eigenvalue weighted by molar-refractivity contribution is 5.83. The summed E-state index contributed by atoms with van der Waals surface area (Å²) in [6.07, 6.45) is 0.207. The number of benzene rings is 2. The van der Waals surface area contributed by atoms with Gasteiger partial charge in [0.25, 0.3) is 0 Å². The van der Waals surface area contributed by atoms with Gasteiger partial charge in [0.2, 0.25) is 5.91 Å². The van der Waals surface area contributed by atoms with Gasteiger partial charge in [0.05, 0.1) is 6.61 Å². The Morgan fingerprint density at radius 2 is 1.64 bits per heavy atom. The number of aliphatic carboxylic acids is 1. The molecule has 3 N–H and O–H groups in total. The summed E-state index contributed by atoms with van der Waals surface area (Å²) in [4.78, 5) is 35.4. The summed E-state index contributed by atoms with van der Waals surface area (Å²) < 4.78 is 10.3. The molecule has 2 aromatic rings. The average Bonchev–Trinajstić information content (AvgIpc) is 3.11. The number of amides is 2. The number of carboxylic acid groups (broad SMARTS) is 1. The molecular weight excluding hydrogens is 424 g/mol. The van der Waals surface area contributed by atoms with E-state index in [2.05, 4.69) is 34.9 Å². The van der Waals surface area contributed by atoms with Crippen LogP contribution in [0.25, 0.3) is 11.1 Å². The van der Waals surface area contributed by atoms with Crippen molar-refractivity contribution in [2.45, 2.75) is 31.7 Å². The zero-order valence-corrected chi connectivity index (χ0v) is 18.9. The van der Waals surface area contributed by atoms with Crippen molar-refractivity contribution in [3.63, 3.8) is 0 Å². The number of methoxy groups -OCH3 is 1. The quantitative estimate of drug-likeness (QED) is 0.481. The molecule has 2 atom stereocenters. The number of carbonyl (C=O) groups is 3. The second-order valence-corrected chi connectivity index (χ2v) is 8.26. The molecule has 1 aliphatic rings. The Hall–Kier alpha value is -3.39. The SMILES string of the molecule is COCC(NC(=O)CC(C)CCNC(=O)OCC1c2ccccc2-c2ccccc21)C(=O)O. The first-order valence-electron chi connectivity index (χ1n) is 11.0. The lowest BCUT2D eigenvalue weighted by Gasteiger charge is -2.17. The number of alkyl carbamates (subject to hydrolysis) is 1. The van der Waals surface area contributed by atoms with E-state index in [4.69, 9.17) is 14.6 Å². The number of rotatable bonds is 11. The van der Waals surface area contributed by atoms with Crippen LogP contribution in [0.4, 0.5) is 4.79 Å².